The fourth-order valence-corrected chi connectivity index (χ4v) is 2.89. The molecule has 0 aliphatic carbocycles. The SMILES string of the molecule is O=Cc1ccc(OCCOCCOCCOCCOCCOCCOCCOCCOCCOCCCl)cc1. The van der Waals surface area contributed by atoms with Gasteiger partial charge in [-0.05, 0) is 24.3 Å². The highest BCUT2D eigenvalue weighted by Crippen LogP contribution is 2.10. The molecule has 12 heteroatoms. The molecular weight excluding hydrogens is 536 g/mol. The molecule has 0 N–H and O–H groups in total. The van der Waals surface area contributed by atoms with Crippen molar-refractivity contribution in [3.63, 3.8) is 0 Å². The fourth-order valence-electron chi connectivity index (χ4n) is 2.78. The number of carbonyl (C=O) groups excluding carboxylic acids is 1. The number of aldehydes is 1. The zero-order valence-electron chi connectivity index (χ0n) is 22.9. The summed E-state index contributed by atoms with van der Waals surface area (Å²) < 4.78 is 54.2. The molecule has 1 aromatic carbocycles. The Morgan fingerprint density at radius 2 is 0.718 bits per heavy atom. The molecule has 39 heavy (non-hydrogen) atoms. The Labute approximate surface area is 237 Å². The van der Waals surface area contributed by atoms with E-state index in [2.05, 4.69) is 0 Å². The van der Waals surface area contributed by atoms with E-state index < -0.39 is 0 Å². The van der Waals surface area contributed by atoms with E-state index in [4.69, 9.17) is 59.0 Å². The van der Waals surface area contributed by atoms with E-state index in [0.29, 0.717) is 143 Å². The molecule has 0 saturated carbocycles. The average molecular weight is 581 g/mol. The largest absolute Gasteiger partial charge is 0.491 e. The van der Waals surface area contributed by atoms with Gasteiger partial charge >= 0.3 is 0 Å². The van der Waals surface area contributed by atoms with Gasteiger partial charge in [-0.3, -0.25) is 4.79 Å². The maximum atomic E-state index is 10.6. The summed E-state index contributed by atoms with van der Waals surface area (Å²) in [6, 6.07) is 6.93. The molecule has 0 radical (unpaired) electrons. The second kappa shape index (κ2) is 29.6. The molecule has 0 heterocycles. The third-order valence-electron chi connectivity index (χ3n) is 4.71. The highest BCUT2D eigenvalue weighted by Gasteiger charge is 1.97. The van der Waals surface area contributed by atoms with E-state index in [1.54, 1.807) is 24.3 Å². The highest BCUT2D eigenvalue weighted by molar-refractivity contribution is 6.17. The fraction of sp³-hybridized carbons (Fsp3) is 0.741. The molecule has 0 bridgehead atoms. The Hall–Kier alpha value is -1.38. The normalized spacial score (nSPS) is 11.2. The quantitative estimate of drug-likeness (QED) is 0.0733. The van der Waals surface area contributed by atoms with Crippen LogP contribution in [0.3, 0.4) is 0 Å². The van der Waals surface area contributed by atoms with Crippen LogP contribution in [0.5, 0.6) is 5.75 Å². The lowest BCUT2D eigenvalue weighted by molar-refractivity contribution is -0.0251. The summed E-state index contributed by atoms with van der Waals surface area (Å²) in [5.74, 6) is 1.20. The Kier molecular flexibility index (Phi) is 27.1. The van der Waals surface area contributed by atoms with Gasteiger partial charge in [0.2, 0.25) is 0 Å². The number of ether oxygens (including phenoxy) is 10. The minimum Gasteiger partial charge on any atom is -0.491 e. The van der Waals surface area contributed by atoms with Crippen molar-refractivity contribution in [2.75, 3.05) is 131 Å². The zero-order chi connectivity index (χ0) is 27.9. The summed E-state index contributed by atoms with van der Waals surface area (Å²) in [5.41, 5.74) is 0.619. The number of benzene rings is 1. The number of halogens is 1. The lowest BCUT2D eigenvalue weighted by Crippen LogP contribution is -2.15. The molecule has 0 atom stereocenters. The lowest BCUT2D eigenvalue weighted by atomic mass is 10.2. The maximum Gasteiger partial charge on any atom is 0.150 e. The van der Waals surface area contributed by atoms with Gasteiger partial charge in [-0.15, -0.1) is 11.6 Å². The Morgan fingerprint density at radius 3 is 1.00 bits per heavy atom. The molecule has 226 valence electrons. The topological polar surface area (TPSA) is 109 Å². The highest BCUT2D eigenvalue weighted by atomic mass is 35.5. The molecule has 0 saturated heterocycles. The van der Waals surface area contributed by atoms with Gasteiger partial charge in [-0.2, -0.15) is 0 Å². The van der Waals surface area contributed by atoms with E-state index in [1.807, 2.05) is 0 Å². The van der Waals surface area contributed by atoms with Crippen molar-refractivity contribution >= 4 is 17.9 Å². The number of hydrogen-bond donors (Lipinski definition) is 0. The van der Waals surface area contributed by atoms with Crippen LogP contribution in [0.2, 0.25) is 0 Å². The van der Waals surface area contributed by atoms with E-state index in [9.17, 15) is 4.79 Å². The minimum atomic E-state index is 0.433. The van der Waals surface area contributed by atoms with Crippen LogP contribution in [0.1, 0.15) is 10.4 Å². The first-order valence-corrected chi connectivity index (χ1v) is 13.8. The minimum absolute atomic E-state index is 0.433. The maximum absolute atomic E-state index is 10.6. The first-order chi connectivity index (χ1) is 19.4. The summed E-state index contributed by atoms with van der Waals surface area (Å²) in [6.07, 6.45) is 0.798. The third kappa shape index (κ3) is 25.3. The van der Waals surface area contributed by atoms with Crippen LogP contribution in [0, 0.1) is 0 Å². The van der Waals surface area contributed by atoms with E-state index in [0.717, 1.165) is 6.29 Å². The Morgan fingerprint density at radius 1 is 0.436 bits per heavy atom. The summed E-state index contributed by atoms with van der Waals surface area (Å²) in [4.78, 5) is 10.6. The van der Waals surface area contributed by atoms with Gasteiger partial charge in [0.15, 0.2) is 0 Å². The molecular formula is C27H45ClO11. The van der Waals surface area contributed by atoms with Crippen LogP contribution >= 0.6 is 11.6 Å². The van der Waals surface area contributed by atoms with Crippen molar-refractivity contribution < 1.29 is 52.2 Å². The van der Waals surface area contributed by atoms with Gasteiger partial charge in [-0.25, -0.2) is 0 Å². The van der Waals surface area contributed by atoms with Gasteiger partial charge in [0.05, 0.1) is 119 Å². The standard InChI is InChI=1S/C27H45ClO11/c28-5-6-30-7-8-31-9-10-32-11-12-33-13-14-34-15-16-35-17-18-36-19-20-37-21-22-38-23-24-39-27-3-1-26(25-29)2-4-27/h1-4,25H,5-24H2. The third-order valence-corrected chi connectivity index (χ3v) is 4.86. The van der Waals surface area contributed by atoms with Crippen molar-refractivity contribution in [1.82, 2.24) is 0 Å². The number of alkyl halides is 1. The van der Waals surface area contributed by atoms with Crippen LogP contribution in [0.4, 0.5) is 0 Å². The first kappa shape index (κ1) is 35.6. The zero-order valence-corrected chi connectivity index (χ0v) is 23.7. The van der Waals surface area contributed by atoms with Crippen molar-refractivity contribution in [2.24, 2.45) is 0 Å². The van der Waals surface area contributed by atoms with Crippen LogP contribution in [-0.4, -0.2) is 138 Å². The summed E-state index contributed by atoms with van der Waals surface area (Å²) in [7, 11) is 0. The molecule has 0 aliphatic heterocycles. The summed E-state index contributed by atoms with van der Waals surface area (Å²) in [5, 5.41) is 0. The van der Waals surface area contributed by atoms with Crippen molar-refractivity contribution in [3.05, 3.63) is 29.8 Å². The summed E-state index contributed by atoms with van der Waals surface area (Å²) >= 11 is 5.50. The average Bonchev–Trinajstić information content (AvgIpc) is 2.96. The Bertz CT molecular complexity index is 637. The molecule has 0 unspecified atom stereocenters. The van der Waals surface area contributed by atoms with Crippen LogP contribution in [0.15, 0.2) is 24.3 Å². The van der Waals surface area contributed by atoms with Crippen LogP contribution in [0.25, 0.3) is 0 Å². The first-order valence-electron chi connectivity index (χ1n) is 13.3. The number of hydrogen-bond acceptors (Lipinski definition) is 11. The van der Waals surface area contributed by atoms with Gasteiger partial charge in [0, 0.05) is 11.4 Å². The van der Waals surface area contributed by atoms with Crippen LogP contribution < -0.4 is 4.74 Å². The summed E-state index contributed by atoms with van der Waals surface area (Å²) in [6.45, 7) is 9.61. The molecule has 0 aliphatic rings. The second-order valence-electron chi connectivity index (χ2n) is 7.74. The predicted octanol–water partition coefficient (Wildman–Crippen LogP) is 2.27. The number of carbonyl (C=O) groups is 1. The smallest absolute Gasteiger partial charge is 0.150 e. The predicted molar refractivity (Wildman–Crippen MR) is 145 cm³/mol. The molecule has 0 aromatic heterocycles. The second-order valence-corrected chi connectivity index (χ2v) is 8.11. The molecule has 1 aromatic rings. The van der Waals surface area contributed by atoms with E-state index in [1.165, 1.54) is 0 Å². The van der Waals surface area contributed by atoms with E-state index >= 15 is 0 Å². The molecule has 0 fully saturated rings. The number of rotatable bonds is 31. The van der Waals surface area contributed by atoms with Crippen molar-refractivity contribution in [3.8, 4) is 5.75 Å². The van der Waals surface area contributed by atoms with Crippen molar-refractivity contribution in [2.45, 2.75) is 0 Å². The van der Waals surface area contributed by atoms with Crippen molar-refractivity contribution in [1.29, 1.82) is 0 Å². The lowest BCUT2D eigenvalue weighted by Gasteiger charge is -2.09. The molecule has 11 nitrogen and oxygen atoms in total. The molecule has 0 amide bonds. The van der Waals surface area contributed by atoms with Crippen LogP contribution in [-0.2, 0) is 42.6 Å². The monoisotopic (exact) mass is 580 g/mol. The Balaban J connectivity index is 1.66. The van der Waals surface area contributed by atoms with Gasteiger partial charge < -0.3 is 47.4 Å². The molecule has 1 rings (SSSR count). The van der Waals surface area contributed by atoms with Gasteiger partial charge in [-0.1, -0.05) is 0 Å². The van der Waals surface area contributed by atoms with Gasteiger partial charge in [0.25, 0.3) is 0 Å². The van der Waals surface area contributed by atoms with E-state index in [-0.39, 0.29) is 0 Å². The van der Waals surface area contributed by atoms with Gasteiger partial charge in [0.1, 0.15) is 18.6 Å². The molecule has 0 spiro atoms.